The zero-order valence-corrected chi connectivity index (χ0v) is 6.37. The molecule has 1 atom stereocenters. The van der Waals surface area contributed by atoms with Crippen molar-refractivity contribution in [1.29, 1.82) is 0 Å². The lowest BCUT2D eigenvalue weighted by Crippen LogP contribution is -1.93. The van der Waals surface area contributed by atoms with Gasteiger partial charge >= 0.3 is 0 Å². The Hall–Kier alpha value is -1.18. The van der Waals surface area contributed by atoms with E-state index in [9.17, 15) is 5.11 Å². The van der Waals surface area contributed by atoms with Crippen LogP contribution in [-0.2, 0) is 0 Å². The molecule has 0 fully saturated rings. The van der Waals surface area contributed by atoms with Crippen LogP contribution in [0, 0.1) is 0 Å². The number of ether oxygens (including phenoxy) is 1. The number of fused-ring (bicyclic) bond motifs is 1. The molecular formula is C9H10O2. The van der Waals surface area contributed by atoms with Gasteiger partial charge in [0.05, 0.1) is 6.61 Å². The lowest BCUT2D eigenvalue weighted by molar-refractivity contribution is 0.337. The summed E-state index contributed by atoms with van der Waals surface area (Å²) in [5, 5.41) is 9.42. The summed E-state index contributed by atoms with van der Waals surface area (Å²) < 4.78 is 5.33. The van der Waals surface area contributed by atoms with E-state index in [4.69, 9.17) is 4.74 Å². The van der Waals surface area contributed by atoms with Gasteiger partial charge in [-0.15, -0.1) is 0 Å². The third-order valence-electron chi connectivity index (χ3n) is 2.02. The fourth-order valence-corrected chi connectivity index (χ4v) is 1.45. The van der Waals surface area contributed by atoms with Crippen molar-refractivity contribution in [1.82, 2.24) is 0 Å². The van der Waals surface area contributed by atoms with Gasteiger partial charge in [-0.05, 0) is 12.1 Å². The first kappa shape index (κ1) is 6.53. The molecule has 0 bridgehead atoms. The van der Waals surface area contributed by atoms with E-state index < -0.39 is 0 Å². The predicted molar refractivity (Wildman–Crippen MR) is 42.0 cm³/mol. The van der Waals surface area contributed by atoms with Crippen LogP contribution in [0.3, 0.4) is 0 Å². The first-order valence-electron chi connectivity index (χ1n) is 3.73. The maximum absolute atomic E-state index is 9.42. The monoisotopic (exact) mass is 150 g/mol. The molecule has 1 aromatic rings. The molecule has 1 N–H and O–H groups in total. The highest BCUT2D eigenvalue weighted by Gasteiger charge is 2.22. The van der Waals surface area contributed by atoms with Gasteiger partial charge in [0.25, 0.3) is 0 Å². The minimum absolute atomic E-state index is 0.325. The normalized spacial score (nSPS) is 21.0. The van der Waals surface area contributed by atoms with Crippen molar-refractivity contribution < 1.29 is 9.84 Å². The molecule has 2 heteroatoms. The highest BCUT2D eigenvalue weighted by molar-refractivity contribution is 5.48. The number of rotatable bonds is 0. The zero-order valence-electron chi connectivity index (χ0n) is 6.37. The Kier molecular flexibility index (Phi) is 1.28. The lowest BCUT2D eigenvalue weighted by atomic mass is 10.0. The Labute approximate surface area is 65.4 Å². The maximum atomic E-state index is 9.42. The molecule has 1 aliphatic rings. The fraction of sp³-hybridized carbons (Fsp3) is 0.333. The van der Waals surface area contributed by atoms with Gasteiger partial charge in [-0.25, -0.2) is 0 Å². The van der Waals surface area contributed by atoms with Crippen LogP contribution < -0.4 is 4.74 Å². The molecule has 2 nitrogen and oxygen atoms in total. The largest absolute Gasteiger partial charge is 0.508 e. The fourth-order valence-electron chi connectivity index (χ4n) is 1.45. The summed E-state index contributed by atoms with van der Waals surface area (Å²) >= 11 is 0. The van der Waals surface area contributed by atoms with E-state index in [-0.39, 0.29) is 0 Å². The molecule has 0 aliphatic carbocycles. The van der Waals surface area contributed by atoms with Crippen molar-refractivity contribution >= 4 is 0 Å². The van der Waals surface area contributed by atoms with Gasteiger partial charge < -0.3 is 9.84 Å². The van der Waals surface area contributed by atoms with E-state index in [1.165, 1.54) is 0 Å². The van der Waals surface area contributed by atoms with Gasteiger partial charge in [0.2, 0.25) is 0 Å². The van der Waals surface area contributed by atoms with E-state index in [0.717, 1.165) is 11.3 Å². The molecule has 1 heterocycles. The number of phenolic OH excluding ortho intramolecular Hbond substituents is 1. The molecule has 1 unspecified atom stereocenters. The number of aromatic hydroxyl groups is 1. The molecule has 2 rings (SSSR count). The van der Waals surface area contributed by atoms with Crippen LogP contribution in [0.5, 0.6) is 11.5 Å². The second kappa shape index (κ2) is 2.16. The van der Waals surface area contributed by atoms with E-state index in [0.29, 0.717) is 18.3 Å². The van der Waals surface area contributed by atoms with Crippen LogP contribution in [0.25, 0.3) is 0 Å². The molecule has 1 aromatic carbocycles. The number of hydrogen-bond donors (Lipinski definition) is 1. The maximum Gasteiger partial charge on any atom is 0.126 e. The van der Waals surface area contributed by atoms with E-state index in [1.807, 2.05) is 13.0 Å². The van der Waals surface area contributed by atoms with E-state index in [2.05, 4.69) is 0 Å². The van der Waals surface area contributed by atoms with Gasteiger partial charge in [-0.2, -0.15) is 0 Å². The van der Waals surface area contributed by atoms with Crippen molar-refractivity contribution in [2.75, 3.05) is 6.61 Å². The predicted octanol–water partition coefficient (Wildman–Crippen LogP) is 1.89. The van der Waals surface area contributed by atoms with Crippen LogP contribution in [-0.4, -0.2) is 11.7 Å². The second-order valence-corrected chi connectivity index (χ2v) is 2.90. The summed E-state index contributed by atoms with van der Waals surface area (Å²) in [5.41, 5.74) is 0.951. The van der Waals surface area contributed by atoms with Crippen molar-refractivity contribution in [2.45, 2.75) is 12.8 Å². The number of benzene rings is 1. The van der Waals surface area contributed by atoms with Crippen LogP contribution in [0.15, 0.2) is 18.2 Å². The Morgan fingerprint density at radius 3 is 3.09 bits per heavy atom. The third kappa shape index (κ3) is 0.862. The summed E-state index contributed by atoms with van der Waals surface area (Å²) in [6.07, 6.45) is 0. The van der Waals surface area contributed by atoms with Crippen LogP contribution >= 0.6 is 0 Å². The molecule has 1 aliphatic heterocycles. The van der Waals surface area contributed by atoms with Gasteiger partial charge in [0.15, 0.2) is 0 Å². The molecule has 0 radical (unpaired) electrons. The Bertz CT molecular complexity index is 281. The lowest BCUT2D eigenvalue weighted by Gasteiger charge is -2.01. The van der Waals surface area contributed by atoms with Crippen molar-refractivity contribution in [3.05, 3.63) is 23.8 Å². The molecule has 0 amide bonds. The average molecular weight is 150 g/mol. The van der Waals surface area contributed by atoms with Gasteiger partial charge in [0.1, 0.15) is 11.5 Å². The van der Waals surface area contributed by atoms with Crippen LogP contribution in [0.2, 0.25) is 0 Å². The van der Waals surface area contributed by atoms with Crippen molar-refractivity contribution in [2.24, 2.45) is 0 Å². The molecular weight excluding hydrogens is 140 g/mol. The summed E-state index contributed by atoms with van der Waals surface area (Å²) in [5.74, 6) is 1.51. The average Bonchev–Trinajstić information content (AvgIpc) is 2.34. The highest BCUT2D eigenvalue weighted by atomic mass is 16.5. The first-order valence-corrected chi connectivity index (χ1v) is 3.73. The third-order valence-corrected chi connectivity index (χ3v) is 2.02. The van der Waals surface area contributed by atoms with E-state index >= 15 is 0 Å². The Morgan fingerprint density at radius 1 is 1.55 bits per heavy atom. The van der Waals surface area contributed by atoms with Gasteiger partial charge in [-0.1, -0.05) is 13.0 Å². The van der Waals surface area contributed by atoms with Crippen molar-refractivity contribution in [3.8, 4) is 11.5 Å². The Balaban J connectivity index is 2.58. The summed E-state index contributed by atoms with van der Waals surface area (Å²) in [6.45, 7) is 2.73. The van der Waals surface area contributed by atoms with Crippen molar-refractivity contribution in [3.63, 3.8) is 0 Å². The minimum atomic E-state index is 0.325. The zero-order chi connectivity index (χ0) is 7.84. The van der Waals surface area contributed by atoms with Gasteiger partial charge in [-0.3, -0.25) is 0 Å². The number of hydrogen-bond acceptors (Lipinski definition) is 2. The summed E-state index contributed by atoms with van der Waals surface area (Å²) in [7, 11) is 0. The quantitative estimate of drug-likeness (QED) is 0.612. The van der Waals surface area contributed by atoms with Gasteiger partial charge in [0, 0.05) is 11.5 Å². The van der Waals surface area contributed by atoms with Crippen LogP contribution in [0.4, 0.5) is 0 Å². The molecule has 0 spiro atoms. The summed E-state index contributed by atoms with van der Waals surface area (Å²) in [4.78, 5) is 0. The first-order chi connectivity index (χ1) is 5.29. The highest BCUT2D eigenvalue weighted by Crippen LogP contribution is 2.39. The SMILES string of the molecule is CC1COc2cccc(O)c21. The smallest absolute Gasteiger partial charge is 0.126 e. The molecule has 0 aromatic heterocycles. The number of phenols is 1. The van der Waals surface area contributed by atoms with Crippen LogP contribution in [0.1, 0.15) is 18.4 Å². The molecule has 11 heavy (non-hydrogen) atoms. The Morgan fingerprint density at radius 2 is 2.36 bits per heavy atom. The molecule has 58 valence electrons. The minimum Gasteiger partial charge on any atom is -0.508 e. The standard InChI is InChI=1S/C9H10O2/c1-6-5-11-8-4-2-3-7(10)9(6)8/h2-4,6,10H,5H2,1H3. The molecule has 0 saturated carbocycles. The molecule has 0 saturated heterocycles. The summed E-state index contributed by atoms with van der Waals surface area (Å²) in [6, 6.07) is 5.38. The topological polar surface area (TPSA) is 29.5 Å². The van der Waals surface area contributed by atoms with E-state index in [1.54, 1.807) is 12.1 Å². The second-order valence-electron chi connectivity index (χ2n) is 2.90.